The lowest BCUT2D eigenvalue weighted by Crippen LogP contribution is -1.93. The summed E-state index contributed by atoms with van der Waals surface area (Å²) < 4.78 is 2.13. The van der Waals surface area contributed by atoms with Gasteiger partial charge in [-0.2, -0.15) is 5.10 Å². The molecule has 104 valence electrons. The number of hydrogen-bond acceptors (Lipinski definition) is 3. The molecule has 0 aliphatic heterocycles. The first-order chi connectivity index (χ1) is 10.2. The molecule has 3 heterocycles. The molecule has 0 bridgehead atoms. The molecule has 21 heavy (non-hydrogen) atoms. The van der Waals surface area contributed by atoms with Crippen molar-refractivity contribution in [2.75, 3.05) is 5.73 Å². The van der Waals surface area contributed by atoms with Crippen LogP contribution >= 0.6 is 0 Å². The molecular weight excluding hydrogens is 262 g/mol. The Hall–Kier alpha value is -2.82. The van der Waals surface area contributed by atoms with Gasteiger partial charge in [0.15, 0.2) is 0 Å². The summed E-state index contributed by atoms with van der Waals surface area (Å²) in [6.45, 7) is 2.03. The first-order valence-corrected chi connectivity index (χ1v) is 6.80. The highest BCUT2D eigenvalue weighted by atomic mass is 15.1. The Balaban J connectivity index is 2.07. The van der Waals surface area contributed by atoms with Crippen molar-refractivity contribution in [3.05, 3.63) is 42.4 Å². The third kappa shape index (κ3) is 1.57. The highest BCUT2D eigenvalue weighted by Crippen LogP contribution is 2.33. The predicted octanol–water partition coefficient (Wildman–Crippen LogP) is 3.01. The van der Waals surface area contributed by atoms with Crippen LogP contribution in [0.25, 0.3) is 33.1 Å². The molecule has 0 spiro atoms. The number of pyridine rings is 1. The highest BCUT2D eigenvalue weighted by Gasteiger charge is 2.13. The molecule has 0 amide bonds. The van der Waals surface area contributed by atoms with Gasteiger partial charge in [-0.05, 0) is 19.1 Å². The molecule has 5 heteroatoms. The van der Waals surface area contributed by atoms with E-state index < -0.39 is 0 Å². The van der Waals surface area contributed by atoms with Gasteiger partial charge in [0.1, 0.15) is 0 Å². The van der Waals surface area contributed by atoms with E-state index in [1.165, 1.54) is 0 Å². The fraction of sp³-hybridized carbons (Fsp3) is 0.125. The van der Waals surface area contributed by atoms with Crippen LogP contribution in [0.5, 0.6) is 0 Å². The average Bonchev–Trinajstić information content (AvgIpc) is 3.11. The van der Waals surface area contributed by atoms with Gasteiger partial charge in [0.25, 0.3) is 0 Å². The first-order valence-electron chi connectivity index (χ1n) is 6.80. The molecule has 0 aliphatic rings. The molecule has 0 radical (unpaired) electrons. The molecule has 0 saturated heterocycles. The second-order valence-electron chi connectivity index (χ2n) is 5.27. The summed E-state index contributed by atoms with van der Waals surface area (Å²) in [6, 6.07) is 8.17. The number of hydrogen-bond donors (Lipinski definition) is 2. The number of nitrogen functional groups attached to an aromatic ring is 1. The van der Waals surface area contributed by atoms with Crippen molar-refractivity contribution >= 4 is 27.5 Å². The van der Waals surface area contributed by atoms with Crippen LogP contribution in [-0.4, -0.2) is 19.7 Å². The van der Waals surface area contributed by atoms with Gasteiger partial charge in [0.05, 0.1) is 22.4 Å². The Labute approximate surface area is 121 Å². The lowest BCUT2D eigenvalue weighted by Gasteiger charge is -2.05. The fourth-order valence-corrected chi connectivity index (χ4v) is 2.86. The summed E-state index contributed by atoms with van der Waals surface area (Å²) in [5.41, 5.74) is 12.1. The number of H-pyrrole nitrogens is 1. The summed E-state index contributed by atoms with van der Waals surface area (Å²) in [5.74, 6) is 0. The van der Waals surface area contributed by atoms with Gasteiger partial charge in [-0.1, -0.05) is 12.1 Å². The number of nitrogens with one attached hydrogen (secondary N) is 1. The van der Waals surface area contributed by atoms with Crippen LogP contribution in [0.15, 0.2) is 36.7 Å². The highest BCUT2D eigenvalue weighted by molar-refractivity contribution is 6.09. The second kappa shape index (κ2) is 4.09. The summed E-state index contributed by atoms with van der Waals surface area (Å²) in [7, 11) is 2.04. The van der Waals surface area contributed by atoms with Gasteiger partial charge in [-0.25, -0.2) is 0 Å². The topological polar surface area (TPSA) is 72.5 Å². The average molecular weight is 277 g/mol. The van der Waals surface area contributed by atoms with Crippen LogP contribution in [-0.2, 0) is 7.05 Å². The quantitative estimate of drug-likeness (QED) is 0.561. The van der Waals surface area contributed by atoms with Crippen LogP contribution in [0.3, 0.4) is 0 Å². The van der Waals surface area contributed by atoms with Crippen molar-refractivity contribution in [1.29, 1.82) is 0 Å². The summed E-state index contributed by atoms with van der Waals surface area (Å²) >= 11 is 0. The smallest absolute Gasteiger partial charge is 0.0921 e. The van der Waals surface area contributed by atoms with Crippen molar-refractivity contribution in [2.24, 2.45) is 7.05 Å². The number of nitrogens with two attached hydrogens (primary N) is 1. The molecule has 0 unspecified atom stereocenters. The van der Waals surface area contributed by atoms with Crippen molar-refractivity contribution in [3.63, 3.8) is 0 Å². The Morgan fingerprint density at radius 1 is 1.19 bits per heavy atom. The van der Waals surface area contributed by atoms with Crippen molar-refractivity contribution in [1.82, 2.24) is 19.7 Å². The number of aromatic nitrogens is 4. The molecular formula is C16H15N5. The van der Waals surface area contributed by atoms with E-state index in [1.54, 1.807) is 0 Å². The van der Waals surface area contributed by atoms with E-state index in [0.717, 1.165) is 44.4 Å². The van der Waals surface area contributed by atoms with Crippen molar-refractivity contribution in [3.8, 4) is 11.3 Å². The Bertz CT molecular complexity index is 964. The lowest BCUT2D eigenvalue weighted by atomic mass is 10.1. The van der Waals surface area contributed by atoms with E-state index in [1.807, 2.05) is 32.4 Å². The number of aryl methyl sites for hydroxylation is 1. The van der Waals surface area contributed by atoms with Gasteiger partial charge < -0.3 is 10.3 Å². The fourth-order valence-electron chi connectivity index (χ4n) is 2.86. The zero-order chi connectivity index (χ0) is 14.6. The van der Waals surface area contributed by atoms with Crippen molar-refractivity contribution < 1.29 is 0 Å². The Morgan fingerprint density at radius 2 is 2.05 bits per heavy atom. The van der Waals surface area contributed by atoms with Gasteiger partial charge >= 0.3 is 0 Å². The Kier molecular flexibility index (Phi) is 2.33. The number of rotatable bonds is 1. The van der Waals surface area contributed by atoms with Crippen LogP contribution in [0, 0.1) is 6.92 Å². The lowest BCUT2D eigenvalue weighted by molar-refractivity contribution is 0.923. The molecule has 5 nitrogen and oxygen atoms in total. The number of fused-ring (bicyclic) bond motifs is 3. The number of anilines is 1. The zero-order valence-electron chi connectivity index (χ0n) is 11.9. The SMILES string of the molecule is Cc1c(N)c2cnc3cc(-c4cc[nH]n4)ccc3c2n1C. The van der Waals surface area contributed by atoms with E-state index in [9.17, 15) is 0 Å². The van der Waals surface area contributed by atoms with Crippen molar-refractivity contribution in [2.45, 2.75) is 6.92 Å². The maximum Gasteiger partial charge on any atom is 0.0921 e. The molecule has 0 saturated carbocycles. The number of aromatic amines is 1. The molecule has 0 fully saturated rings. The van der Waals surface area contributed by atoms with Crippen LogP contribution in [0.2, 0.25) is 0 Å². The summed E-state index contributed by atoms with van der Waals surface area (Å²) in [4.78, 5) is 4.56. The molecule has 4 aromatic rings. The minimum Gasteiger partial charge on any atom is -0.397 e. The minimum absolute atomic E-state index is 0.804. The second-order valence-corrected chi connectivity index (χ2v) is 5.27. The van der Waals surface area contributed by atoms with Crippen LogP contribution < -0.4 is 5.73 Å². The van der Waals surface area contributed by atoms with Gasteiger partial charge in [-0.3, -0.25) is 10.1 Å². The van der Waals surface area contributed by atoms with E-state index >= 15 is 0 Å². The standard InChI is InChI=1S/C16H15N5/c1-9-15(17)12-8-18-14-7-10(13-5-6-19-20-13)3-4-11(14)16(12)21(9)2/h3-8H,17H2,1-2H3,(H,19,20). The largest absolute Gasteiger partial charge is 0.397 e. The molecule has 1 aromatic carbocycles. The molecule has 0 aliphatic carbocycles. The van der Waals surface area contributed by atoms with E-state index in [0.29, 0.717) is 0 Å². The monoisotopic (exact) mass is 277 g/mol. The number of nitrogens with zero attached hydrogens (tertiary/aromatic N) is 3. The van der Waals surface area contributed by atoms with E-state index in [-0.39, 0.29) is 0 Å². The molecule has 3 aromatic heterocycles. The van der Waals surface area contributed by atoms with E-state index in [4.69, 9.17) is 5.73 Å². The van der Waals surface area contributed by atoms with Gasteiger partial charge in [-0.15, -0.1) is 0 Å². The first kappa shape index (κ1) is 12.0. The maximum absolute atomic E-state index is 6.16. The predicted molar refractivity (Wildman–Crippen MR) is 85.0 cm³/mol. The van der Waals surface area contributed by atoms with Crippen LogP contribution in [0.4, 0.5) is 5.69 Å². The summed E-state index contributed by atoms with van der Waals surface area (Å²) in [5, 5.41) is 9.16. The van der Waals surface area contributed by atoms with Crippen LogP contribution in [0.1, 0.15) is 5.69 Å². The van der Waals surface area contributed by atoms with E-state index in [2.05, 4.69) is 37.9 Å². The molecule has 4 rings (SSSR count). The zero-order valence-corrected chi connectivity index (χ0v) is 11.9. The maximum atomic E-state index is 6.16. The van der Waals surface area contributed by atoms with Gasteiger partial charge in [0.2, 0.25) is 0 Å². The van der Waals surface area contributed by atoms with Gasteiger partial charge in [0, 0.05) is 41.5 Å². The molecule has 0 atom stereocenters. The Morgan fingerprint density at radius 3 is 2.81 bits per heavy atom. The number of benzene rings is 1. The normalized spacial score (nSPS) is 11.5. The summed E-state index contributed by atoms with van der Waals surface area (Å²) in [6.07, 6.45) is 3.67. The molecule has 3 N–H and O–H groups in total. The minimum atomic E-state index is 0.804. The third-order valence-corrected chi connectivity index (χ3v) is 4.16. The third-order valence-electron chi connectivity index (χ3n) is 4.16.